The van der Waals surface area contributed by atoms with E-state index in [4.69, 9.17) is 9.47 Å². The van der Waals surface area contributed by atoms with Gasteiger partial charge in [-0.05, 0) is 31.0 Å². The molecular weight excluding hydrogens is 370 g/mol. The van der Waals surface area contributed by atoms with Crippen molar-refractivity contribution in [1.29, 1.82) is 0 Å². The van der Waals surface area contributed by atoms with Crippen molar-refractivity contribution in [3.63, 3.8) is 0 Å². The Morgan fingerprint density at radius 2 is 1.45 bits per heavy atom. The summed E-state index contributed by atoms with van der Waals surface area (Å²) in [5.41, 5.74) is 1.59. The third-order valence-electron chi connectivity index (χ3n) is 4.19. The fraction of sp³-hybridized carbons (Fsp3) is 0.174. The molecule has 0 saturated heterocycles. The highest BCUT2D eigenvalue weighted by Crippen LogP contribution is 2.33. The van der Waals surface area contributed by atoms with Gasteiger partial charge in [-0.25, -0.2) is 4.79 Å². The second-order valence-corrected chi connectivity index (χ2v) is 6.71. The summed E-state index contributed by atoms with van der Waals surface area (Å²) in [6.45, 7) is 3.43. The van der Waals surface area contributed by atoms with Crippen LogP contribution in [0.3, 0.4) is 0 Å². The number of non-ortho nitro benzene ring substituents is 1. The molecule has 6 heteroatoms. The Morgan fingerprint density at radius 1 is 0.897 bits per heavy atom. The molecule has 0 aliphatic heterocycles. The lowest BCUT2D eigenvalue weighted by Crippen LogP contribution is -2.16. The van der Waals surface area contributed by atoms with Crippen molar-refractivity contribution in [1.82, 2.24) is 0 Å². The van der Waals surface area contributed by atoms with Crippen LogP contribution in [0.15, 0.2) is 78.9 Å². The van der Waals surface area contributed by atoms with Crippen LogP contribution in [0.2, 0.25) is 0 Å². The first kappa shape index (κ1) is 20.1. The number of carbonyl (C=O) groups excluding carboxylic acids is 1. The minimum atomic E-state index is -0.668. The fourth-order valence-electron chi connectivity index (χ4n) is 2.88. The number of hydrogen-bond acceptors (Lipinski definition) is 5. The van der Waals surface area contributed by atoms with Gasteiger partial charge in [0.05, 0.1) is 11.0 Å². The molecule has 3 rings (SSSR count). The Bertz CT molecular complexity index is 947. The Labute approximate surface area is 168 Å². The van der Waals surface area contributed by atoms with Crippen molar-refractivity contribution in [3.05, 3.63) is 106 Å². The van der Waals surface area contributed by atoms with E-state index >= 15 is 0 Å². The molecule has 0 unspecified atom stereocenters. The van der Waals surface area contributed by atoms with E-state index in [1.54, 1.807) is 13.8 Å². The van der Waals surface area contributed by atoms with Crippen LogP contribution in [0, 0.1) is 10.1 Å². The summed E-state index contributed by atoms with van der Waals surface area (Å²) in [5.74, 6) is -0.447. The van der Waals surface area contributed by atoms with Crippen LogP contribution in [0.5, 0.6) is 5.75 Å². The van der Waals surface area contributed by atoms with Crippen LogP contribution < -0.4 is 4.74 Å². The number of nitrogens with zero attached hydrogens (tertiary/aromatic N) is 1. The molecule has 3 aromatic rings. The van der Waals surface area contributed by atoms with Gasteiger partial charge in [0.25, 0.3) is 5.69 Å². The zero-order valence-corrected chi connectivity index (χ0v) is 16.1. The first-order valence-corrected chi connectivity index (χ1v) is 9.21. The van der Waals surface area contributed by atoms with Crippen molar-refractivity contribution in [2.45, 2.75) is 26.1 Å². The predicted molar refractivity (Wildman–Crippen MR) is 109 cm³/mol. The van der Waals surface area contributed by atoms with Gasteiger partial charge in [-0.1, -0.05) is 60.7 Å². The van der Waals surface area contributed by atoms with Gasteiger partial charge in [-0.15, -0.1) is 0 Å². The molecule has 0 N–H and O–H groups in total. The largest absolute Gasteiger partial charge is 0.480 e. The lowest BCUT2D eigenvalue weighted by atomic mass is 10.0. The summed E-state index contributed by atoms with van der Waals surface area (Å²) >= 11 is 0. The molecule has 148 valence electrons. The highest BCUT2D eigenvalue weighted by atomic mass is 16.6. The van der Waals surface area contributed by atoms with Crippen LogP contribution in [0.1, 0.15) is 41.4 Å². The van der Waals surface area contributed by atoms with E-state index in [0.717, 1.165) is 11.1 Å². The van der Waals surface area contributed by atoms with Crippen LogP contribution in [0.4, 0.5) is 5.69 Å². The summed E-state index contributed by atoms with van der Waals surface area (Å²) in [7, 11) is 0. The molecule has 0 heterocycles. The molecule has 0 spiro atoms. The quantitative estimate of drug-likeness (QED) is 0.309. The van der Waals surface area contributed by atoms with E-state index < -0.39 is 17.0 Å². The van der Waals surface area contributed by atoms with E-state index in [0.29, 0.717) is 0 Å². The maximum atomic E-state index is 12.6. The molecule has 0 atom stereocenters. The number of carbonyl (C=O) groups is 1. The number of nitro benzene ring substituents is 1. The number of hydrogen-bond donors (Lipinski definition) is 0. The average molecular weight is 391 g/mol. The third kappa shape index (κ3) is 4.99. The fourth-order valence-corrected chi connectivity index (χ4v) is 2.88. The third-order valence-corrected chi connectivity index (χ3v) is 4.19. The molecule has 3 aromatic carbocycles. The maximum absolute atomic E-state index is 12.6. The second-order valence-electron chi connectivity index (χ2n) is 6.71. The van der Waals surface area contributed by atoms with Gasteiger partial charge >= 0.3 is 5.97 Å². The lowest BCUT2D eigenvalue weighted by molar-refractivity contribution is -0.384. The minimum Gasteiger partial charge on any atom is -0.480 e. The monoisotopic (exact) mass is 391 g/mol. The van der Waals surface area contributed by atoms with Crippen LogP contribution >= 0.6 is 0 Å². The van der Waals surface area contributed by atoms with Crippen molar-refractivity contribution in [2.24, 2.45) is 0 Å². The van der Waals surface area contributed by atoms with E-state index in [2.05, 4.69) is 0 Å². The van der Waals surface area contributed by atoms with E-state index in [9.17, 15) is 14.9 Å². The first-order chi connectivity index (χ1) is 14.0. The van der Waals surface area contributed by atoms with Gasteiger partial charge < -0.3 is 9.47 Å². The predicted octanol–water partition coefficient (Wildman–Crippen LogP) is 5.33. The highest BCUT2D eigenvalue weighted by Gasteiger charge is 2.24. The summed E-state index contributed by atoms with van der Waals surface area (Å²) in [5, 5.41) is 11.2. The minimum absolute atomic E-state index is 0.0183. The zero-order valence-electron chi connectivity index (χ0n) is 16.1. The van der Waals surface area contributed by atoms with Crippen molar-refractivity contribution < 1.29 is 19.2 Å². The Hall–Kier alpha value is -3.67. The van der Waals surface area contributed by atoms with Crippen molar-refractivity contribution in [3.8, 4) is 5.75 Å². The van der Waals surface area contributed by atoms with E-state index in [1.807, 2.05) is 60.7 Å². The number of rotatable bonds is 7. The van der Waals surface area contributed by atoms with Gasteiger partial charge in [0.1, 0.15) is 17.4 Å². The second kappa shape index (κ2) is 9.01. The van der Waals surface area contributed by atoms with Crippen LogP contribution in [-0.2, 0) is 4.74 Å². The smallest absolute Gasteiger partial charge is 0.342 e. The topological polar surface area (TPSA) is 78.7 Å². The molecule has 0 amide bonds. The summed E-state index contributed by atoms with van der Waals surface area (Å²) < 4.78 is 11.5. The normalized spacial score (nSPS) is 10.8. The maximum Gasteiger partial charge on any atom is 0.342 e. The first-order valence-electron chi connectivity index (χ1n) is 9.21. The molecule has 29 heavy (non-hydrogen) atoms. The molecular formula is C23H21NO5. The molecule has 0 aliphatic carbocycles. The van der Waals surface area contributed by atoms with Gasteiger partial charge in [0.2, 0.25) is 0 Å². The average Bonchev–Trinajstić information content (AvgIpc) is 2.72. The van der Waals surface area contributed by atoms with Crippen molar-refractivity contribution in [2.75, 3.05) is 0 Å². The van der Waals surface area contributed by atoms with E-state index in [-0.39, 0.29) is 23.1 Å². The molecule has 0 radical (unpaired) electrons. The van der Waals surface area contributed by atoms with Crippen LogP contribution in [-0.4, -0.2) is 17.0 Å². The Morgan fingerprint density at radius 3 is 1.93 bits per heavy atom. The molecule has 0 aliphatic rings. The Balaban J connectivity index is 2.05. The Kier molecular flexibility index (Phi) is 6.24. The molecule has 6 nitrogen and oxygen atoms in total. The van der Waals surface area contributed by atoms with Gasteiger partial charge in [-0.2, -0.15) is 0 Å². The van der Waals surface area contributed by atoms with Crippen molar-refractivity contribution >= 4 is 11.7 Å². The molecule has 0 saturated carbocycles. The summed E-state index contributed by atoms with van der Waals surface area (Å²) in [4.78, 5) is 23.2. The zero-order chi connectivity index (χ0) is 20.8. The van der Waals surface area contributed by atoms with Crippen LogP contribution in [0.25, 0.3) is 0 Å². The summed E-state index contributed by atoms with van der Waals surface area (Å²) in [6.07, 6.45) is -0.863. The standard InChI is InChI=1S/C23H21NO5/c1-16(2)28-23(25)20-15-19(24(26)27)13-14-21(20)29-22(17-9-5-3-6-10-17)18-11-7-4-8-12-18/h3-16,22H,1-2H3. The number of esters is 1. The number of ether oxygens (including phenoxy) is 2. The molecule has 0 bridgehead atoms. The van der Waals surface area contributed by atoms with E-state index in [1.165, 1.54) is 18.2 Å². The number of nitro groups is 1. The van der Waals surface area contributed by atoms with Gasteiger partial charge in [-0.3, -0.25) is 10.1 Å². The highest BCUT2D eigenvalue weighted by molar-refractivity contribution is 5.93. The lowest BCUT2D eigenvalue weighted by Gasteiger charge is -2.22. The molecule has 0 fully saturated rings. The molecule has 0 aromatic heterocycles. The SMILES string of the molecule is CC(C)OC(=O)c1cc([N+](=O)[O-])ccc1OC(c1ccccc1)c1ccccc1. The van der Waals surface area contributed by atoms with Gasteiger partial charge in [0, 0.05) is 12.1 Å². The summed E-state index contributed by atoms with van der Waals surface area (Å²) in [6, 6.07) is 23.1. The van der Waals surface area contributed by atoms with Gasteiger partial charge in [0.15, 0.2) is 0 Å². The number of benzene rings is 3.